The van der Waals surface area contributed by atoms with Crippen LogP contribution in [0.15, 0.2) is 63.9 Å². The fourth-order valence-corrected chi connectivity index (χ4v) is 5.66. The first-order valence-corrected chi connectivity index (χ1v) is 13.0. The van der Waals surface area contributed by atoms with Crippen LogP contribution in [0.2, 0.25) is 10.0 Å². The summed E-state index contributed by atoms with van der Waals surface area (Å²) in [5.41, 5.74) is 3.17. The molecular weight excluding hydrogens is 552 g/mol. The van der Waals surface area contributed by atoms with Gasteiger partial charge in [0.15, 0.2) is 0 Å². The van der Waals surface area contributed by atoms with Crippen molar-refractivity contribution in [2.24, 2.45) is 0 Å². The summed E-state index contributed by atoms with van der Waals surface area (Å²) in [4.78, 5) is -0.967. The van der Waals surface area contributed by atoms with E-state index in [9.17, 15) is 21.6 Å². The lowest BCUT2D eigenvalue weighted by Gasteiger charge is -2.14. The molecule has 1 N–H and O–H groups in total. The number of aryl methyl sites for hydroxylation is 1. The Labute approximate surface area is 221 Å². The maximum atomic E-state index is 13.4. The number of hydrogen-bond acceptors (Lipinski definition) is 4. The number of furan rings is 1. The maximum absolute atomic E-state index is 13.4. The second-order valence-electron chi connectivity index (χ2n) is 8.17. The van der Waals surface area contributed by atoms with Crippen LogP contribution in [0.1, 0.15) is 22.8 Å². The Morgan fingerprint density at radius 1 is 1.03 bits per heavy atom. The van der Waals surface area contributed by atoms with E-state index in [0.717, 1.165) is 11.8 Å². The predicted octanol–water partition coefficient (Wildman–Crippen LogP) is 7.17. The summed E-state index contributed by atoms with van der Waals surface area (Å²) in [6.07, 6.45) is -4.97. The summed E-state index contributed by atoms with van der Waals surface area (Å²) in [5.74, 6) is -1.10. The molecule has 6 nitrogen and oxygen atoms in total. The molecule has 0 aliphatic rings. The lowest BCUT2D eigenvalue weighted by Crippen LogP contribution is -2.25. The molecule has 0 saturated heterocycles. The summed E-state index contributed by atoms with van der Waals surface area (Å²) in [7, 11) is -3.01. The quantitative estimate of drug-likeness (QED) is 0.255. The maximum Gasteiger partial charge on any atom is 0.450 e. The Hall–Kier alpha value is -2.92. The molecule has 2 aromatic carbocycles. The van der Waals surface area contributed by atoms with E-state index in [4.69, 9.17) is 27.9 Å². The third-order valence-electron chi connectivity index (χ3n) is 5.71. The van der Waals surface area contributed by atoms with Gasteiger partial charge in [-0.25, -0.2) is 13.1 Å². The number of nitrogens with zero attached hydrogens (tertiary/aromatic N) is 1. The van der Waals surface area contributed by atoms with Crippen LogP contribution in [0, 0.1) is 13.8 Å². The van der Waals surface area contributed by atoms with Crippen molar-refractivity contribution in [2.75, 3.05) is 7.11 Å². The smallest absolute Gasteiger partial charge is 0.450 e. The van der Waals surface area contributed by atoms with Gasteiger partial charge in [-0.1, -0.05) is 23.2 Å². The Kier molecular flexibility index (Phi) is 7.40. The Morgan fingerprint density at radius 3 is 2.30 bits per heavy atom. The van der Waals surface area contributed by atoms with Crippen LogP contribution in [0.5, 0.6) is 5.75 Å². The molecule has 2 aromatic heterocycles. The van der Waals surface area contributed by atoms with E-state index in [1.807, 2.05) is 16.7 Å². The van der Waals surface area contributed by atoms with E-state index >= 15 is 0 Å². The summed E-state index contributed by atoms with van der Waals surface area (Å²) in [6, 6.07) is 14.7. The number of alkyl halides is 3. The molecule has 0 aliphatic heterocycles. The van der Waals surface area contributed by atoms with Crippen LogP contribution >= 0.6 is 23.2 Å². The van der Waals surface area contributed by atoms with Gasteiger partial charge in [-0.2, -0.15) is 13.2 Å². The van der Waals surface area contributed by atoms with Crippen LogP contribution in [0.4, 0.5) is 13.2 Å². The van der Waals surface area contributed by atoms with Crippen molar-refractivity contribution in [3.63, 3.8) is 0 Å². The molecule has 0 saturated carbocycles. The van der Waals surface area contributed by atoms with Crippen molar-refractivity contribution in [1.29, 1.82) is 0 Å². The molecule has 0 unspecified atom stereocenters. The van der Waals surface area contributed by atoms with Crippen molar-refractivity contribution in [2.45, 2.75) is 31.5 Å². The lowest BCUT2D eigenvalue weighted by atomic mass is 10.1. The average molecular weight is 573 g/mol. The van der Waals surface area contributed by atoms with E-state index in [1.54, 1.807) is 50.4 Å². The molecule has 4 aromatic rings. The first-order chi connectivity index (χ1) is 17.3. The first-order valence-electron chi connectivity index (χ1n) is 10.8. The number of methoxy groups -OCH3 is 1. The SMILES string of the molecule is COc1ccc(-n2c(-c3ccc(Cl)cc3Cl)cc(CNS(=O)(=O)c3cc(C)oc3C(F)(F)F)c2C)cc1. The van der Waals surface area contributed by atoms with Crippen molar-refractivity contribution in [3.8, 4) is 22.7 Å². The number of halogens is 5. The van der Waals surface area contributed by atoms with Gasteiger partial charge in [-0.05, 0) is 67.9 Å². The van der Waals surface area contributed by atoms with E-state index in [1.165, 1.54) is 6.92 Å². The minimum absolute atomic E-state index is 0.172. The highest BCUT2D eigenvalue weighted by Crippen LogP contribution is 2.38. The molecule has 0 atom stereocenters. The van der Waals surface area contributed by atoms with Gasteiger partial charge in [-0.3, -0.25) is 0 Å². The number of ether oxygens (including phenoxy) is 1. The van der Waals surface area contributed by atoms with Crippen LogP contribution in [0.3, 0.4) is 0 Å². The third kappa shape index (κ3) is 5.52. The van der Waals surface area contributed by atoms with E-state index < -0.39 is 26.9 Å². The largest absolute Gasteiger partial charge is 0.497 e. The van der Waals surface area contributed by atoms with Crippen LogP contribution in [-0.2, 0) is 22.7 Å². The van der Waals surface area contributed by atoms with Crippen LogP contribution in [-0.4, -0.2) is 20.1 Å². The predicted molar refractivity (Wildman–Crippen MR) is 135 cm³/mol. The number of rotatable bonds is 7. The second kappa shape index (κ2) is 10.1. The number of aromatic nitrogens is 1. The first kappa shape index (κ1) is 27.1. The molecule has 37 heavy (non-hydrogen) atoms. The van der Waals surface area contributed by atoms with Gasteiger partial charge in [0.05, 0.1) is 17.8 Å². The number of sulfonamides is 1. The van der Waals surface area contributed by atoms with Crippen LogP contribution < -0.4 is 9.46 Å². The molecule has 0 bridgehead atoms. The fraction of sp³-hybridized carbons (Fsp3) is 0.200. The summed E-state index contributed by atoms with van der Waals surface area (Å²) >= 11 is 12.5. The highest BCUT2D eigenvalue weighted by atomic mass is 35.5. The molecule has 4 rings (SSSR count). The number of hydrogen-bond donors (Lipinski definition) is 1. The molecule has 0 radical (unpaired) electrons. The van der Waals surface area contributed by atoms with E-state index in [0.29, 0.717) is 38.3 Å². The number of benzene rings is 2. The van der Waals surface area contributed by atoms with Gasteiger partial charge >= 0.3 is 6.18 Å². The fourth-order valence-electron chi connectivity index (χ4n) is 3.94. The average Bonchev–Trinajstić information content (AvgIpc) is 3.39. The van der Waals surface area contributed by atoms with Gasteiger partial charge in [-0.15, -0.1) is 0 Å². The van der Waals surface area contributed by atoms with Crippen molar-refractivity contribution in [1.82, 2.24) is 9.29 Å². The van der Waals surface area contributed by atoms with Gasteiger partial charge < -0.3 is 13.7 Å². The summed E-state index contributed by atoms with van der Waals surface area (Å²) in [6.45, 7) is 2.73. The normalized spacial score (nSPS) is 12.2. The molecule has 0 fully saturated rings. The van der Waals surface area contributed by atoms with Gasteiger partial charge in [0.1, 0.15) is 16.4 Å². The third-order valence-corrected chi connectivity index (χ3v) is 7.66. The van der Waals surface area contributed by atoms with Crippen LogP contribution in [0.25, 0.3) is 16.9 Å². The highest BCUT2D eigenvalue weighted by Gasteiger charge is 2.42. The molecule has 0 aliphatic carbocycles. The monoisotopic (exact) mass is 572 g/mol. The zero-order valence-electron chi connectivity index (χ0n) is 19.8. The van der Waals surface area contributed by atoms with E-state index in [-0.39, 0.29) is 12.3 Å². The summed E-state index contributed by atoms with van der Waals surface area (Å²) in [5, 5.41) is 0.812. The Bertz CT molecular complexity index is 1560. The Morgan fingerprint density at radius 2 is 1.70 bits per heavy atom. The molecule has 12 heteroatoms. The highest BCUT2D eigenvalue weighted by molar-refractivity contribution is 7.89. The zero-order chi connectivity index (χ0) is 27.1. The molecule has 2 heterocycles. The Balaban J connectivity index is 1.77. The standard InChI is InChI=1S/C25H21Cl2F3N2O4S/c1-14-10-23(24(36-14)25(28,29)30)37(33,34)31-13-16-11-22(20-9-4-17(26)12-21(20)27)32(15(16)2)18-5-7-19(35-3)8-6-18/h4-12,31H,13H2,1-3H3. The van der Waals surface area contributed by atoms with Gasteiger partial charge in [0, 0.05) is 34.6 Å². The van der Waals surface area contributed by atoms with E-state index in [2.05, 4.69) is 9.14 Å². The molecule has 0 amide bonds. The van der Waals surface area contributed by atoms with Crippen molar-refractivity contribution >= 4 is 33.2 Å². The van der Waals surface area contributed by atoms with Crippen molar-refractivity contribution < 1.29 is 30.7 Å². The zero-order valence-corrected chi connectivity index (χ0v) is 22.1. The minimum Gasteiger partial charge on any atom is -0.497 e. The topological polar surface area (TPSA) is 73.5 Å². The molecular formula is C25H21Cl2F3N2O4S. The second-order valence-corrected chi connectivity index (χ2v) is 10.7. The van der Waals surface area contributed by atoms with Gasteiger partial charge in [0.25, 0.3) is 0 Å². The molecule has 196 valence electrons. The van der Waals surface area contributed by atoms with Gasteiger partial charge in [0.2, 0.25) is 15.8 Å². The lowest BCUT2D eigenvalue weighted by molar-refractivity contribution is -0.155. The molecule has 0 spiro atoms. The van der Waals surface area contributed by atoms with Crippen molar-refractivity contribution in [3.05, 3.63) is 87.4 Å². The summed E-state index contributed by atoms with van der Waals surface area (Å²) < 4.78 is 79.8. The minimum atomic E-state index is -4.97. The number of nitrogens with one attached hydrogen (secondary N) is 1.